The van der Waals surface area contributed by atoms with Gasteiger partial charge in [0.25, 0.3) is 11.8 Å². The Morgan fingerprint density at radius 3 is 2.33 bits per heavy atom. The molecule has 30 heavy (non-hydrogen) atoms. The zero-order valence-electron chi connectivity index (χ0n) is 17.8. The van der Waals surface area contributed by atoms with E-state index in [0.29, 0.717) is 22.9 Å². The lowest BCUT2D eigenvalue weighted by Crippen LogP contribution is -2.49. The molecule has 2 atom stereocenters. The molecule has 2 amide bonds. The summed E-state index contributed by atoms with van der Waals surface area (Å²) < 4.78 is 5.69. The van der Waals surface area contributed by atoms with Gasteiger partial charge < -0.3 is 14.5 Å². The number of hydrogen-bond acceptors (Lipinski definition) is 3. The summed E-state index contributed by atoms with van der Waals surface area (Å²) >= 11 is 6.19. The highest BCUT2D eigenvalue weighted by molar-refractivity contribution is 6.31. The molecule has 1 fully saturated rings. The molecule has 0 aliphatic carbocycles. The van der Waals surface area contributed by atoms with Crippen LogP contribution in [0.25, 0.3) is 0 Å². The first kappa shape index (κ1) is 22.2. The van der Waals surface area contributed by atoms with Crippen LogP contribution in [0.2, 0.25) is 5.02 Å². The van der Waals surface area contributed by atoms with E-state index in [4.69, 9.17) is 16.3 Å². The van der Waals surface area contributed by atoms with Crippen molar-refractivity contribution >= 4 is 23.4 Å². The number of halogens is 1. The maximum Gasteiger partial charge on any atom is 0.260 e. The molecular formula is C24H29ClN2O3. The lowest BCUT2D eigenvalue weighted by molar-refractivity contribution is -0.139. The smallest absolute Gasteiger partial charge is 0.260 e. The fourth-order valence-electron chi connectivity index (χ4n) is 4.00. The van der Waals surface area contributed by atoms with E-state index in [0.717, 1.165) is 24.8 Å². The first-order valence-corrected chi connectivity index (χ1v) is 10.8. The summed E-state index contributed by atoms with van der Waals surface area (Å²) in [6.45, 7) is 4.62. The molecule has 3 rings (SSSR count). The van der Waals surface area contributed by atoms with Crippen LogP contribution >= 0.6 is 11.6 Å². The van der Waals surface area contributed by atoms with Gasteiger partial charge in [0.2, 0.25) is 0 Å². The number of nitrogens with zero attached hydrogens (tertiary/aromatic N) is 2. The molecule has 1 heterocycles. The molecule has 6 heteroatoms. The van der Waals surface area contributed by atoms with Crippen molar-refractivity contribution in [2.75, 3.05) is 13.7 Å². The molecule has 2 aromatic rings. The van der Waals surface area contributed by atoms with Gasteiger partial charge in [-0.3, -0.25) is 9.59 Å². The fraction of sp³-hybridized carbons (Fsp3) is 0.417. The summed E-state index contributed by atoms with van der Waals surface area (Å²) in [6, 6.07) is 14.9. The van der Waals surface area contributed by atoms with Gasteiger partial charge in [0, 0.05) is 36.3 Å². The minimum absolute atomic E-state index is 0.00832. The third-order valence-electron chi connectivity index (χ3n) is 5.66. The van der Waals surface area contributed by atoms with Crippen LogP contribution in [-0.4, -0.2) is 47.4 Å². The molecule has 0 radical (unpaired) electrons. The van der Waals surface area contributed by atoms with Crippen LogP contribution < -0.4 is 4.74 Å². The van der Waals surface area contributed by atoms with Crippen LogP contribution in [0, 0.1) is 0 Å². The van der Waals surface area contributed by atoms with E-state index >= 15 is 0 Å². The van der Waals surface area contributed by atoms with Crippen molar-refractivity contribution in [1.82, 2.24) is 9.80 Å². The minimum atomic E-state index is -0.103. The average Bonchev–Trinajstić information content (AvgIpc) is 2.73. The lowest BCUT2D eigenvalue weighted by Gasteiger charge is -2.38. The van der Waals surface area contributed by atoms with Gasteiger partial charge in [-0.25, -0.2) is 0 Å². The van der Waals surface area contributed by atoms with Gasteiger partial charge in [0.1, 0.15) is 5.75 Å². The highest BCUT2D eigenvalue weighted by Gasteiger charge is 2.29. The van der Waals surface area contributed by atoms with E-state index in [9.17, 15) is 9.59 Å². The Hall–Kier alpha value is -2.53. The van der Waals surface area contributed by atoms with Gasteiger partial charge in [-0.15, -0.1) is 0 Å². The summed E-state index contributed by atoms with van der Waals surface area (Å²) in [6.07, 6.45) is 3.23. The van der Waals surface area contributed by atoms with E-state index in [1.165, 1.54) is 0 Å². The first-order chi connectivity index (χ1) is 14.4. The molecule has 1 aliphatic heterocycles. The van der Waals surface area contributed by atoms with Crippen LogP contribution in [0.1, 0.15) is 49.0 Å². The number of benzene rings is 2. The molecule has 2 unspecified atom stereocenters. The van der Waals surface area contributed by atoms with Crippen molar-refractivity contribution in [2.24, 2.45) is 0 Å². The highest BCUT2D eigenvalue weighted by Crippen LogP contribution is 2.23. The number of carbonyl (C=O) groups is 2. The number of likely N-dealkylation sites (tertiary alicyclic amines) is 1. The molecule has 2 aromatic carbocycles. The molecule has 1 aliphatic rings. The zero-order chi connectivity index (χ0) is 21.7. The molecule has 5 nitrogen and oxygen atoms in total. The Labute approximate surface area is 183 Å². The third-order valence-corrected chi connectivity index (χ3v) is 6.03. The second-order valence-corrected chi connectivity index (χ2v) is 8.40. The molecule has 1 saturated heterocycles. The van der Waals surface area contributed by atoms with Crippen LogP contribution in [0.3, 0.4) is 0 Å². The van der Waals surface area contributed by atoms with Crippen LogP contribution in [-0.2, 0) is 11.3 Å². The number of rotatable bonds is 6. The maximum atomic E-state index is 12.7. The van der Waals surface area contributed by atoms with Crippen LogP contribution in [0.4, 0.5) is 0 Å². The summed E-state index contributed by atoms with van der Waals surface area (Å²) in [4.78, 5) is 28.8. The van der Waals surface area contributed by atoms with Gasteiger partial charge >= 0.3 is 0 Å². The monoisotopic (exact) mass is 428 g/mol. The van der Waals surface area contributed by atoms with Crippen molar-refractivity contribution < 1.29 is 14.3 Å². The molecule has 0 saturated carbocycles. The molecular weight excluding hydrogens is 400 g/mol. The second-order valence-electron chi connectivity index (χ2n) is 8.00. The van der Waals surface area contributed by atoms with E-state index in [-0.39, 0.29) is 30.5 Å². The first-order valence-electron chi connectivity index (χ1n) is 10.4. The van der Waals surface area contributed by atoms with E-state index < -0.39 is 0 Å². The van der Waals surface area contributed by atoms with E-state index in [1.807, 2.05) is 29.2 Å². The Morgan fingerprint density at radius 1 is 1.07 bits per heavy atom. The van der Waals surface area contributed by atoms with E-state index in [2.05, 4.69) is 13.8 Å². The maximum absolute atomic E-state index is 12.7. The Balaban J connectivity index is 1.56. The summed E-state index contributed by atoms with van der Waals surface area (Å²) in [5.74, 6) is 0.480. The van der Waals surface area contributed by atoms with Crippen molar-refractivity contribution in [3.05, 3.63) is 64.7 Å². The number of carbonyl (C=O) groups excluding carboxylic acids is 2. The van der Waals surface area contributed by atoms with Gasteiger partial charge in [-0.1, -0.05) is 29.8 Å². The van der Waals surface area contributed by atoms with Gasteiger partial charge in [0.15, 0.2) is 6.61 Å². The quantitative estimate of drug-likeness (QED) is 0.665. The topological polar surface area (TPSA) is 49.9 Å². The van der Waals surface area contributed by atoms with Gasteiger partial charge in [0.05, 0.1) is 0 Å². The third kappa shape index (κ3) is 5.33. The summed E-state index contributed by atoms with van der Waals surface area (Å²) in [5, 5.41) is 0.642. The predicted octanol–water partition coefficient (Wildman–Crippen LogP) is 4.78. The number of piperidine rings is 1. The normalized spacial score (nSPS) is 18.7. The Kier molecular flexibility index (Phi) is 7.38. The van der Waals surface area contributed by atoms with E-state index in [1.54, 1.807) is 36.2 Å². The van der Waals surface area contributed by atoms with Crippen molar-refractivity contribution in [3.63, 3.8) is 0 Å². The SMILES string of the molecule is CC1CCCC(C)N1C(=O)COc1ccc(C(=O)N(C)Cc2ccccc2Cl)cc1. The largest absolute Gasteiger partial charge is 0.484 e. The Morgan fingerprint density at radius 2 is 1.70 bits per heavy atom. The molecule has 0 N–H and O–H groups in total. The second kappa shape index (κ2) is 9.98. The number of amides is 2. The number of ether oxygens (including phenoxy) is 1. The molecule has 0 spiro atoms. The highest BCUT2D eigenvalue weighted by atomic mass is 35.5. The Bertz CT molecular complexity index is 874. The molecule has 160 valence electrons. The summed E-state index contributed by atoms with van der Waals surface area (Å²) in [7, 11) is 1.75. The van der Waals surface area contributed by atoms with Gasteiger partial charge in [-0.05, 0) is 69.0 Å². The van der Waals surface area contributed by atoms with Crippen molar-refractivity contribution in [3.8, 4) is 5.75 Å². The predicted molar refractivity (Wildman–Crippen MR) is 119 cm³/mol. The zero-order valence-corrected chi connectivity index (χ0v) is 18.6. The lowest BCUT2D eigenvalue weighted by atomic mass is 9.97. The fourth-order valence-corrected chi connectivity index (χ4v) is 4.20. The average molecular weight is 429 g/mol. The standard InChI is InChI=1S/C24H29ClN2O3/c1-17-7-6-8-18(2)27(17)23(28)16-30-21-13-11-19(12-14-21)24(29)26(3)15-20-9-4-5-10-22(20)25/h4-5,9-14,17-18H,6-8,15-16H2,1-3H3. The van der Waals surface area contributed by atoms with Crippen LogP contribution in [0.5, 0.6) is 5.75 Å². The minimum Gasteiger partial charge on any atom is -0.484 e. The van der Waals surface area contributed by atoms with Crippen molar-refractivity contribution in [2.45, 2.75) is 51.7 Å². The van der Waals surface area contributed by atoms with Crippen molar-refractivity contribution in [1.29, 1.82) is 0 Å². The van der Waals surface area contributed by atoms with Gasteiger partial charge in [-0.2, -0.15) is 0 Å². The van der Waals surface area contributed by atoms with Crippen LogP contribution in [0.15, 0.2) is 48.5 Å². The molecule has 0 bridgehead atoms. The summed E-state index contributed by atoms with van der Waals surface area (Å²) in [5.41, 5.74) is 1.45. The number of hydrogen-bond donors (Lipinski definition) is 0. The molecule has 0 aromatic heterocycles.